The average molecular weight is 313 g/mol. The largest absolute Gasteiger partial charge is 0.334 e. The van der Waals surface area contributed by atoms with Crippen molar-refractivity contribution in [3.63, 3.8) is 0 Å². The highest BCUT2D eigenvalue weighted by atomic mass is 35.5. The van der Waals surface area contributed by atoms with Gasteiger partial charge in [-0.2, -0.15) is 4.98 Å². The molecule has 0 spiro atoms. The molecule has 0 aliphatic carbocycles. The standard InChI is InChI=1S/C13H14Cl2N4O/c1-19-5-4-16-7-11(19)12-17-13(20-18-12)9-3-2-8(14)6-10(9)15/h2-3,6,11,16H,4-5,7H2,1H3. The third kappa shape index (κ3) is 2.67. The van der Waals surface area contributed by atoms with E-state index < -0.39 is 0 Å². The summed E-state index contributed by atoms with van der Waals surface area (Å²) in [4.78, 5) is 6.66. The molecule has 106 valence electrons. The SMILES string of the molecule is CN1CCNCC1c1noc(-c2ccc(Cl)cc2Cl)n1. The molecular formula is C13H14Cl2N4O. The van der Waals surface area contributed by atoms with Crippen molar-refractivity contribution in [2.75, 3.05) is 26.7 Å². The Labute approximate surface area is 126 Å². The molecule has 1 aliphatic rings. The highest BCUT2D eigenvalue weighted by Crippen LogP contribution is 2.30. The molecule has 5 nitrogen and oxygen atoms in total. The third-order valence-corrected chi connectivity index (χ3v) is 3.96. The van der Waals surface area contributed by atoms with Crippen LogP contribution in [0.4, 0.5) is 0 Å². The van der Waals surface area contributed by atoms with E-state index in [1.807, 2.05) is 0 Å². The summed E-state index contributed by atoms with van der Waals surface area (Å²) in [5, 5.41) is 8.48. The molecular weight excluding hydrogens is 299 g/mol. The van der Waals surface area contributed by atoms with E-state index in [-0.39, 0.29) is 6.04 Å². The van der Waals surface area contributed by atoms with E-state index in [1.54, 1.807) is 18.2 Å². The third-order valence-electron chi connectivity index (χ3n) is 3.41. The molecule has 20 heavy (non-hydrogen) atoms. The van der Waals surface area contributed by atoms with Crippen molar-refractivity contribution in [3.8, 4) is 11.5 Å². The van der Waals surface area contributed by atoms with Gasteiger partial charge in [0.05, 0.1) is 16.6 Å². The van der Waals surface area contributed by atoms with Crippen molar-refractivity contribution in [3.05, 3.63) is 34.1 Å². The van der Waals surface area contributed by atoms with Crippen molar-refractivity contribution in [2.24, 2.45) is 0 Å². The molecule has 1 aliphatic heterocycles. The molecule has 1 fully saturated rings. The van der Waals surface area contributed by atoms with Crippen molar-refractivity contribution < 1.29 is 4.52 Å². The molecule has 1 aromatic carbocycles. The lowest BCUT2D eigenvalue weighted by atomic mass is 10.2. The quantitative estimate of drug-likeness (QED) is 0.924. The van der Waals surface area contributed by atoms with E-state index in [1.165, 1.54) is 0 Å². The van der Waals surface area contributed by atoms with Gasteiger partial charge in [0.25, 0.3) is 5.89 Å². The number of rotatable bonds is 2. The fourth-order valence-electron chi connectivity index (χ4n) is 2.24. The Hall–Kier alpha value is -1.14. The molecule has 0 saturated carbocycles. The summed E-state index contributed by atoms with van der Waals surface area (Å²) in [5.74, 6) is 1.08. The minimum atomic E-state index is 0.118. The average Bonchev–Trinajstić information content (AvgIpc) is 2.88. The zero-order valence-electron chi connectivity index (χ0n) is 10.9. The molecule has 2 heterocycles. The number of nitrogens with zero attached hydrogens (tertiary/aromatic N) is 3. The summed E-state index contributed by atoms with van der Waals surface area (Å²) in [6, 6.07) is 5.31. The Morgan fingerprint density at radius 1 is 1.40 bits per heavy atom. The first-order valence-corrected chi connectivity index (χ1v) is 7.11. The van der Waals surface area contributed by atoms with E-state index in [0.29, 0.717) is 27.3 Å². The Morgan fingerprint density at radius 3 is 3.00 bits per heavy atom. The second-order valence-corrected chi connectivity index (χ2v) is 5.63. The van der Waals surface area contributed by atoms with Crippen molar-refractivity contribution >= 4 is 23.2 Å². The fourth-order valence-corrected chi connectivity index (χ4v) is 2.73. The zero-order chi connectivity index (χ0) is 14.1. The lowest BCUT2D eigenvalue weighted by Gasteiger charge is -2.30. The number of piperazine rings is 1. The van der Waals surface area contributed by atoms with Crippen molar-refractivity contribution in [2.45, 2.75) is 6.04 Å². The Balaban J connectivity index is 1.89. The molecule has 0 bridgehead atoms. The highest BCUT2D eigenvalue weighted by Gasteiger charge is 2.25. The molecule has 1 unspecified atom stereocenters. The van der Waals surface area contributed by atoms with Gasteiger partial charge in [0, 0.05) is 24.7 Å². The van der Waals surface area contributed by atoms with Crippen molar-refractivity contribution in [1.29, 1.82) is 0 Å². The van der Waals surface area contributed by atoms with E-state index in [4.69, 9.17) is 27.7 Å². The summed E-state index contributed by atoms with van der Waals surface area (Å²) in [6.45, 7) is 2.74. The van der Waals surface area contributed by atoms with Gasteiger partial charge >= 0.3 is 0 Å². The molecule has 1 N–H and O–H groups in total. The Morgan fingerprint density at radius 2 is 2.25 bits per heavy atom. The second kappa shape index (κ2) is 5.69. The highest BCUT2D eigenvalue weighted by molar-refractivity contribution is 6.36. The summed E-state index contributed by atoms with van der Waals surface area (Å²) in [6.07, 6.45) is 0. The van der Waals surface area contributed by atoms with Gasteiger partial charge in [-0.1, -0.05) is 28.4 Å². The number of likely N-dealkylation sites (N-methyl/N-ethyl adjacent to an activating group) is 1. The maximum absolute atomic E-state index is 6.15. The van der Waals surface area contributed by atoms with E-state index in [0.717, 1.165) is 19.6 Å². The summed E-state index contributed by atoms with van der Waals surface area (Å²) in [5.41, 5.74) is 0.696. The Kier molecular flexibility index (Phi) is 3.94. The van der Waals surface area contributed by atoms with Crippen LogP contribution in [0.25, 0.3) is 11.5 Å². The van der Waals surface area contributed by atoms with Crippen LogP contribution < -0.4 is 5.32 Å². The van der Waals surface area contributed by atoms with E-state index in [2.05, 4.69) is 27.4 Å². The van der Waals surface area contributed by atoms with Crippen LogP contribution in [-0.4, -0.2) is 41.7 Å². The molecule has 0 radical (unpaired) electrons. The first-order valence-electron chi connectivity index (χ1n) is 6.35. The lowest BCUT2D eigenvalue weighted by Crippen LogP contribution is -2.44. The number of hydrogen-bond donors (Lipinski definition) is 1. The number of nitrogens with one attached hydrogen (secondary N) is 1. The van der Waals surface area contributed by atoms with Gasteiger partial charge in [0.2, 0.25) is 0 Å². The number of halogens is 2. The maximum Gasteiger partial charge on any atom is 0.259 e. The van der Waals surface area contributed by atoms with Crippen LogP contribution in [-0.2, 0) is 0 Å². The molecule has 7 heteroatoms. The number of aromatic nitrogens is 2. The smallest absolute Gasteiger partial charge is 0.259 e. The number of hydrogen-bond acceptors (Lipinski definition) is 5. The van der Waals surface area contributed by atoms with Gasteiger partial charge in [-0.05, 0) is 25.2 Å². The van der Waals surface area contributed by atoms with Crippen LogP contribution in [0.2, 0.25) is 10.0 Å². The van der Waals surface area contributed by atoms with E-state index in [9.17, 15) is 0 Å². The van der Waals surface area contributed by atoms with Crippen LogP contribution in [0.3, 0.4) is 0 Å². The molecule has 1 atom stereocenters. The first-order chi connectivity index (χ1) is 9.65. The molecule has 2 aromatic rings. The van der Waals surface area contributed by atoms with E-state index >= 15 is 0 Å². The van der Waals surface area contributed by atoms with Crippen LogP contribution in [0.5, 0.6) is 0 Å². The lowest BCUT2D eigenvalue weighted by molar-refractivity contribution is 0.190. The molecule has 3 rings (SSSR count). The predicted molar refractivity (Wildman–Crippen MR) is 78.0 cm³/mol. The second-order valence-electron chi connectivity index (χ2n) is 4.78. The minimum absolute atomic E-state index is 0.118. The van der Waals surface area contributed by atoms with Crippen LogP contribution in [0, 0.1) is 0 Å². The normalized spacial score (nSPS) is 20.2. The van der Waals surface area contributed by atoms with Crippen LogP contribution in [0.1, 0.15) is 11.9 Å². The van der Waals surface area contributed by atoms with Gasteiger partial charge < -0.3 is 9.84 Å². The van der Waals surface area contributed by atoms with Gasteiger partial charge in [0.15, 0.2) is 5.82 Å². The molecule has 0 amide bonds. The fraction of sp³-hybridized carbons (Fsp3) is 0.385. The van der Waals surface area contributed by atoms with Gasteiger partial charge in [0.1, 0.15) is 0 Å². The van der Waals surface area contributed by atoms with Gasteiger partial charge in [-0.3, -0.25) is 4.90 Å². The Bertz CT molecular complexity index is 616. The van der Waals surface area contributed by atoms with Crippen molar-refractivity contribution in [1.82, 2.24) is 20.4 Å². The number of benzene rings is 1. The monoisotopic (exact) mass is 312 g/mol. The molecule has 1 aromatic heterocycles. The molecule has 1 saturated heterocycles. The minimum Gasteiger partial charge on any atom is -0.334 e. The van der Waals surface area contributed by atoms with Crippen LogP contribution in [0.15, 0.2) is 22.7 Å². The summed E-state index contributed by atoms with van der Waals surface area (Å²) in [7, 11) is 2.05. The predicted octanol–water partition coefficient (Wildman–Crippen LogP) is 2.62. The zero-order valence-corrected chi connectivity index (χ0v) is 12.4. The topological polar surface area (TPSA) is 54.2 Å². The summed E-state index contributed by atoms with van der Waals surface area (Å²) >= 11 is 12.0. The maximum atomic E-state index is 6.15. The van der Waals surface area contributed by atoms with Gasteiger partial charge in [-0.25, -0.2) is 0 Å². The first kappa shape index (κ1) is 13.8. The summed E-state index contributed by atoms with van der Waals surface area (Å²) < 4.78 is 5.33. The van der Waals surface area contributed by atoms with Gasteiger partial charge in [-0.15, -0.1) is 0 Å². The van der Waals surface area contributed by atoms with Crippen LogP contribution >= 0.6 is 23.2 Å².